The van der Waals surface area contributed by atoms with E-state index in [1.165, 1.54) is 0 Å². The van der Waals surface area contributed by atoms with Gasteiger partial charge in [-0.3, -0.25) is 0 Å². The molecule has 5 nitrogen and oxygen atoms in total. The summed E-state index contributed by atoms with van der Waals surface area (Å²) >= 11 is 0. The third-order valence-corrected chi connectivity index (χ3v) is 5.36. The van der Waals surface area contributed by atoms with Crippen LogP contribution in [0.5, 0.6) is 0 Å². The van der Waals surface area contributed by atoms with Gasteiger partial charge >= 0.3 is 12.0 Å². The van der Waals surface area contributed by atoms with Crippen LogP contribution in [-0.2, 0) is 4.79 Å². The van der Waals surface area contributed by atoms with E-state index in [9.17, 15) is 14.7 Å². The fourth-order valence-corrected chi connectivity index (χ4v) is 3.47. The highest BCUT2D eigenvalue weighted by Crippen LogP contribution is 2.34. The number of rotatable bonds is 3. The van der Waals surface area contributed by atoms with Gasteiger partial charge in [0.25, 0.3) is 0 Å². The topological polar surface area (TPSA) is 69.6 Å². The maximum Gasteiger partial charge on any atom is 0.329 e. The molecular weight excluding hydrogens is 268 g/mol. The Kier molecular flexibility index (Phi) is 5.12. The van der Waals surface area contributed by atoms with Gasteiger partial charge in [-0.05, 0) is 50.4 Å². The number of hydrogen-bond acceptors (Lipinski definition) is 2. The molecule has 0 radical (unpaired) electrons. The van der Waals surface area contributed by atoms with Gasteiger partial charge in [0.1, 0.15) is 5.54 Å². The first-order chi connectivity index (χ1) is 9.97. The molecule has 0 bridgehead atoms. The monoisotopic (exact) mass is 296 g/mol. The molecule has 1 aliphatic carbocycles. The van der Waals surface area contributed by atoms with E-state index < -0.39 is 11.5 Å². The maximum absolute atomic E-state index is 12.4. The summed E-state index contributed by atoms with van der Waals surface area (Å²) in [6.07, 6.45) is 5.98. The van der Waals surface area contributed by atoms with E-state index in [1.54, 1.807) is 4.90 Å². The van der Waals surface area contributed by atoms with Crippen LogP contribution >= 0.6 is 0 Å². The first-order valence-electron chi connectivity index (χ1n) is 8.27. The summed E-state index contributed by atoms with van der Waals surface area (Å²) in [5, 5.41) is 12.5. The number of piperidine rings is 1. The molecule has 1 saturated carbocycles. The predicted octanol–water partition coefficient (Wildman–Crippen LogP) is 2.85. The second-order valence-electron chi connectivity index (χ2n) is 6.84. The summed E-state index contributed by atoms with van der Waals surface area (Å²) in [6, 6.07) is -0.195. The number of carboxylic acids is 1. The van der Waals surface area contributed by atoms with Gasteiger partial charge in [0, 0.05) is 13.1 Å². The molecule has 21 heavy (non-hydrogen) atoms. The van der Waals surface area contributed by atoms with E-state index in [2.05, 4.69) is 19.2 Å². The van der Waals surface area contributed by atoms with E-state index in [-0.39, 0.29) is 6.03 Å². The number of carboxylic acid groups (broad SMARTS) is 1. The van der Waals surface area contributed by atoms with Crippen molar-refractivity contribution in [1.82, 2.24) is 10.2 Å². The Morgan fingerprint density at radius 3 is 2.24 bits per heavy atom. The van der Waals surface area contributed by atoms with Crippen LogP contribution in [-0.4, -0.2) is 40.6 Å². The van der Waals surface area contributed by atoms with Crippen LogP contribution in [0.1, 0.15) is 58.8 Å². The van der Waals surface area contributed by atoms with E-state index in [4.69, 9.17) is 0 Å². The zero-order valence-corrected chi connectivity index (χ0v) is 13.2. The molecule has 0 spiro atoms. The van der Waals surface area contributed by atoms with E-state index in [0.717, 1.165) is 45.2 Å². The van der Waals surface area contributed by atoms with Crippen molar-refractivity contribution in [2.75, 3.05) is 13.1 Å². The van der Waals surface area contributed by atoms with Crippen molar-refractivity contribution in [3.63, 3.8) is 0 Å². The van der Waals surface area contributed by atoms with Gasteiger partial charge < -0.3 is 15.3 Å². The molecule has 1 aliphatic heterocycles. The zero-order valence-electron chi connectivity index (χ0n) is 13.2. The van der Waals surface area contributed by atoms with Crippen LogP contribution < -0.4 is 5.32 Å². The number of carbonyl (C=O) groups excluding carboxylic acids is 1. The molecular formula is C16H28N2O3. The van der Waals surface area contributed by atoms with Crippen LogP contribution in [0.15, 0.2) is 0 Å². The standard InChI is InChI=1S/C16H28N2O3/c1-3-13-4-8-16(9-5-13,14(19)20)17-15(21)18-10-6-12(2)7-11-18/h12-13H,3-11H2,1-2H3,(H,17,21)(H,19,20). The highest BCUT2D eigenvalue weighted by Gasteiger charge is 2.43. The molecule has 2 aliphatic rings. The van der Waals surface area contributed by atoms with Crippen LogP contribution in [0.25, 0.3) is 0 Å². The average molecular weight is 296 g/mol. The lowest BCUT2D eigenvalue weighted by Gasteiger charge is -2.39. The Bertz CT molecular complexity index is 381. The first kappa shape index (κ1) is 16.1. The number of hydrogen-bond donors (Lipinski definition) is 2. The maximum atomic E-state index is 12.4. The normalized spacial score (nSPS) is 31.0. The summed E-state index contributed by atoms with van der Waals surface area (Å²) in [5.41, 5.74) is -1.05. The second kappa shape index (κ2) is 6.67. The quantitative estimate of drug-likeness (QED) is 0.841. The van der Waals surface area contributed by atoms with Crippen molar-refractivity contribution in [2.24, 2.45) is 11.8 Å². The van der Waals surface area contributed by atoms with Crippen LogP contribution in [0.3, 0.4) is 0 Å². The molecule has 1 saturated heterocycles. The number of nitrogens with one attached hydrogen (secondary N) is 1. The lowest BCUT2D eigenvalue weighted by molar-refractivity contribution is -0.146. The molecule has 0 aromatic carbocycles. The van der Waals surface area contributed by atoms with Crippen molar-refractivity contribution in [1.29, 1.82) is 0 Å². The minimum absolute atomic E-state index is 0.195. The minimum Gasteiger partial charge on any atom is -0.480 e. The number of carbonyl (C=O) groups is 2. The summed E-state index contributed by atoms with van der Waals surface area (Å²) in [4.78, 5) is 25.9. The molecule has 0 aromatic heterocycles. The Labute approximate surface area is 127 Å². The van der Waals surface area contributed by atoms with Gasteiger partial charge in [0.05, 0.1) is 0 Å². The van der Waals surface area contributed by atoms with Crippen molar-refractivity contribution in [2.45, 2.75) is 64.3 Å². The molecule has 2 rings (SSSR count). The Morgan fingerprint density at radius 2 is 1.76 bits per heavy atom. The van der Waals surface area contributed by atoms with Gasteiger partial charge in [-0.25, -0.2) is 9.59 Å². The van der Waals surface area contributed by atoms with Crippen molar-refractivity contribution >= 4 is 12.0 Å². The van der Waals surface area contributed by atoms with Gasteiger partial charge in [-0.1, -0.05) is 20.3 Å². The molecule has 2 fully saturated rings. The van der Waals surface area contributed by atoms with Gasteiger partial charge in [-0.2, -0.15) is 0 Å². The minimum atomic E-state index is -1.05. The fourth-order valence-electron chi connectivity index (χ4n) is 3.47. The lowest BCUT2D eigenvalue weighted by Crippen LogP contribution is -2.60. The van der Waals surface area contributed by atoms with E-state index in [0.29, 0.717) is 24.7 Å². The van der Waals surface area contributed by atoms with Crippen LogP contribution in [0.2, 0.25) is 0 Å². The SMILES string of the molecule is CCC1CCC(NC(=O)N2CCC(C)CC2)(C(=O)O)CC1. The summed E-state index contributed by atoms with van der Waals surface area (Å²) in [7, 11) is 0. The summed E-state index contributed by atoms with van der Waals surface area (Å²) in [5.74, 6) is 0.378. The largest absolute Gasteiger partial charge is 0.480 e. The highest BCUT2D eigenvalue weighted by atomic mass is 16.4. The molecule has 2 N–H and O–H groups in total. The molecule has 5 heteroatoms. The zero-order chi connectivity index (χ0) is 15.5. The number of amides is 2. The van der Waals surface area contributed by atoms with Crippen LogP contribution in [0.4, 0.5) is 4.79 Å². The Morgan fingerprint density at radius 1 is 1.19 bits per heavy atom. The average Bonchev–Trinajstić information content (AvgIpc) is 2.48. The Hall–Kier alpha value is -1.26. The van der Waals surface area contributed by atoms with Crippen molar-refractivity contribution in [3.8, 4) is 0 Å². The highest BCUT2D eigenvalue weighted by molar-refractivity contribution is 5.86. The smallest absolute Gasteiger partial charge is 0.329 e. The molecule has 0 unspecified atom stereocenters. The van der Waals surface area contributed by atoms with Gasteiger partial charge in [-0.15, -0.1) is 0 Å². The van der Waals surface area contributed by atoms with Crippen molar-refractivity contribution < 1.29 is 14.7 Å². The first-order valence-corrected chi connectivity index (χ1v) is 8.27. The van der Waals surface area contributed by atoms with Gasteiger partial charge in [0.15, 0.2) is 0 Å². The van der Waals surface area contributed by atoms with Crippen LogP contribution in [0, 0.1) is 11.8 Å². The molecule has 1 heterocycles. The molecule has 0 aromatic rings. The molecule has 2 amide bonds. The third kappa shape index (κ3) is 3.69. The third-order valence-electron chi connectivity index (χ3n) is 5.36. The predicted molar refractivity (Wildman–Crippen MR) is 81.1 cm³/mol. The van der Waals surface area contributed by atoms with Gasteiger partial charge in [0.2, 0.25) is 0 Å². The van der Waals surface area contributed by atoms with E-state index in [1.807, 2.05) is 0 Å². The number of nitrogens with zero attached hydrogens (tertiary/aromatic N) is 1. The lowest BCUT2D eigenvalue weighted by atomic mass is 9.75. The number of aliphatic carboxylic acids is 1. The number of likely N-dealkylation sites (tertiary alicyclic amines) is 1. The molecule has 0 atom stereocenters. The molecule has 120 valence electrons. The second-order valence-corrected chi connectivity index (χ2v) is 6.84. The summed E-state index contributed by atoms with van der Waals surface area (Å²) in [6.45, 7) is 5.81. The van der Waals surface area contributed by atoms with Crippen molar-refractivity contribution in [3.05, 3.63) is 0 Å². The number of urea groups is 1. The van der Waals surface area contributed by atoms with E-state index >= 15 is 0 Å². The fraction of sp³-hybridized carbons (Fsp3) is 0.875. The summed E-state index contributed by atoms with van der Waals surface area (Å²) < 4.78 is 0. The Balaban J connectivity index is 1.97.